The number of aromatic nitrogens is 1. The maximum Gasteiger partial charge on any atom is 0.365 e. The van der Waals surface area contributed by atoms with E-state index in [1.165, 1.54) is 5.38 Å². The molecule has 2 unspecified atom stereocenters. The van der Waals surface area contributed by atoms with Crippen molar-refractivity contribution in [3.8, 4) is 0 Å². The third-order valence-electron chi connectivity index (χ3n) is 1.80. The molecule has 0 aromatic carbocycles. The second-order valence-corrected chi connectivity index (χ2v) is 3.77. The van der Waals surface area contributed by atoms with Crippen molar-refractivity contribution in [1.29, 1.82) is 0 Å². The Morgan fingerprint density at radius 1 is 1.53 bits per heavy atom. The van der Waals surface area contributed by atoms with E-state index in [1.54, 1.807) is 0 Å². The Balaban J connectivity index is 2.73. The summed E-state index contributed by atoms with van der Waals surface area (Å²) in [5.74, 6) is -1.17. The van der Waals surface area contributed by atoms with Crippen LogP contribution in [0.15, 0.2) is 5.38 Å². The van der Waals surface area contributed by atoms with Crippen molar-refractivity contribution in [1.82, 2.24) is 4.98 Å². The summed E-state index contributed by atoms with van der Waals surface area (Å²) < 4.78 is 0. The zero-order valence-corrected chi connectivity index (χ0v) is 8.52. The van der Waals surface area contributed by atoms with E-state index < -0.39 is 18.2 Å². The van der Waals surface area contributed by atoms with Gasteiger partial charge in [0.15, 0.2) is 0 Å². The van der Waals surface area contributed by atoms with Gasteiger partial charge in [0, 0.05) is 12.0 Å². The van der Waals surface area contributed by atoms with Gasteiger partial charge in [-0.15, -0.1) is 11.3 Å². The zero-order chi connectivity index (χ0) is 11.4. The maximum absolute atomic E-state index is 10.5. The third-order valence-corrected chi connectivity index (χ3v) is 2.65. The summed E-state index contributed by atoms with van der Waals surface area (Å²) in [7, 11) is 0. The first-order valence-electron chi connectivity index (χ1n) is 4.22. The SMILES string of the molecule is O=C(O)c1nc(C(O)C(O)CCO)cs1. The molecule has 2 atom stereocenters. The van der Waals surface area contributed by atoms with E-state index in [0.717, 1.165) is 11.3 Å². The number of rotatable bonds is 5. The van der Waals surface area contributed by atoms with Crippen LogP contribution in [0, 0.1) is 0 Å². The molecular weight excluding hydrogens is 222 g/mol. The molecule has 1 rings (SSSR count). The van der Waals surface area contributed by atoms with Crippen LogP contribution in [0.3, 0.4) is 0 Å². The number of carboxylic acid groups (broad SMARTS) is 1. The highest BCUT2D eigenvalue weighted by Gasteiger charge is 2.21. The molecule has 1 aromatic rings. The standard InChI is InChI=1S/C8H11NO5S/c10-2-1-5(11)6(12)4-3-15-7(9-4)8(13)14/h3,5-6,10-12H,1-2H2,(H,13,14). The van der Waals surface area contributed by atoms with Gasteiger partial charge in [-0.3, -0.25) is 0 Å². The highest BCUT2D eigenvalue weighted by molar-refractivity contribution is 7.11. The third kappa shape index (κ3) is 2.96. The van der Waals surface area contributed by atoms with Crippen LogP contribution in [-0.2, 0) is 0 Å². The predicted molar refractivity (Wildman–Crippen MR) is 51.7 cm³/mol. The van der Waals surface area contributed by atoms with Gasteiger partial charge < -0.3 is 20.4 Å². The highest BCUT2D eigenvalue weighted by atomic mass is 32.1. The second-order valence-electron chi connectivity index (χ2n) is 2.91. The fourth-order valence-electron chi connectivity index (χ4n) is 1.01. The predicted octanol–water partition coefficient (Wildman–Crippen LogP) is -0.382. The molecule has 0 radical (unpaired) electrons. The van der Waals surface area contributed by atoms with E-state index in [9.17, 15) is 15.0 Å². The average molecular weight is 233 g/mol. The summed E-state index contributed by atoms with van der Waals surface area (Å²) in [4.78, 5) is 14.1. The minimum Gasteiger partial charge on any atom is -0.476 e. The lowest BCUT2D eigenvalue weighted by molar-refractivity contribution is 0.00212. The molecule has 0 fully saturated rings. The number of aromatic carboxylic acids is 1. The first-order chi connectivity index (χ1) is 7.06. The van der Waals surface area contributed by atoms with Crippen LogP contribution in [0.5, 0.6) is 0 Å². The van der Waals surface area contributed by atoms with Gasteiger partial charge in [-0.2, -0.15) is 0 Å². The maximum atomic E-state index is 10.5. The molecule has 4 N–H and O–H groups in total. The molecule has 0 saturated heterocycles. The molecule has 1 heterocycles. The van der Waals surface area contributed by atoms with Crippen LogP contribution in [-0.4, -0.2) is 44.1 Å². The first kappa shape index (κ1) is 12.1. The molecule has 0 aliphatic heterocycles. The van der Waals surface area contributed by atoms with Crippen LogP contribution in [0.1, 0.15) is 28.0 Å². The lowest BCUT2D eigenvalue weighted by Gasteiger charge is -2.14. The Bertz CT molecular complexity index is 340. The fraction of sp³-hybridized carbons (Fsp3) is 0.500. The smallest absolute Gasteiger partial charge is 0.365 e. The number of carbonyl (C=O) groups is 1. The molecule has 7 heteroatoms. The summed E-state index contributed by atoms with van der Waals surface area (Å²) in [6.07, 6.45) is -2.39. The number of aliphatic hydroxyl groups excluding tert-OH is 3. The van der Waals surface area contributed by atoms with Gasteiger partial charge in [0.2, 0.25) is 5.01 Å². The van der Waals surface area contributed by atoms with E-state index in [0.29, 0.717) is 0 Å². The van der Waals surface area contributed by atoms with Crippen LogP contribution >= 0.6 is 11.3 Å². The van der Waals surface area contributed by atoms with Gasteiger partial charge in [-0.1, -0.05) is 0 Å². The van der Waals surface area contributed by atoms with E-state index in [-0.39, 0.29) is 23.7 Å². The number of nitrogens with zero attached hydrogens (tertiary/aromatic N) is 1. The molecule has 0 bridgehead atoms. The summed E-state index contributed by atoms with van der Waals surface area (Å²) in [6.45, 7) is -0.256. The van der Waals surface area contributed by atoms with Crippen LogP contribution in [0.2, 0.25) is 0 Å². The number of hydrogen-bond acceptors (Lipinski definition) is 6. The number of hydrogen-bond donors (Lipinski definition) is 4. The molecule has 0 spiro atoms. The molecular formula is C8H11NO5S. The quantitative estimate of drug-likeness (QED) is 0.551. The summed E-state index contributed by atoms with van der Waals surface area (Å²) in [6, 6.07) is 0. The van der Waals surface area contributed by atoms with Crippen molar-refractivity contribution in [2.75, 3.05) is 6.61 Å². The Kier molecular flexibility index (Phi) is 4.15. The van der Waals surface area contributed by atoms with Gasteiger partial charge in [0.25, 0.3) is 0 Å². The molecule has 84 valence electrons. The first-order valence-corrected chi connectivity index (χ1v) is 5.10. The highest BCUT2D eigenvalue weighted by Crippen LogP contribution is 2.21. The Hall–Kier alpha value is -1.02. The van der Waals surface area contributed by atoms with Gasteiger partial charge >= 0.3 is 5.97 Å². The Morgan fingerprint density at radius 2 is 2.20 bits per heavy atom. The topological polar surface area (TPSA) is 111 Å². The molecule has 1 aromatic heterocycles. The Labute approximate surface area is 89.5 Å². The van der Waals surface area contributed by atoms with E-state index in [4.69, 9.17) is 10.2 Å². The molecule has 6 nitrogen and oxygen atoms in total. The number of carboxylic acids is 1. The van der Waals surface area contributed by atoms with E-state index in [2.05, 4.69) is 4.98 Å². The van der Waals surface area contributed by atoms with Gasteiger partial charge in [-0.05, 0) is 6.42 Å². The van der Waals surface area contributed by atoms with Crippen molar-refractivity contribution >= 4 is 17.3 Å². The van der Waals surface area contributed by atoms with Crippen molar-refractivity contribution < 1.29 is 25.2 Å². The Morgan fingerprint density at radius 3 is 2.67 bits per heavy atom. The summed E-state index contributed by atoms with van der Waals surface area (Å²) in [5.41, 5.74) is 0.110. The normalized spacial score (nSPS) is 14.9. The minimum absolute atomic E-state index is 0.0150. The molecule has 0 amide bonds. The van der Waals surface area contributed by atoms with Crippen molar-refractivity contribution in [3.05, 3.63) is 16.1 Å². The van der Waals surface area contributed by atoms with E-state index >= 15 is 0 Å². The van der Waals surface area contributed by atoms with E-state index in [1.807, 2.05) is 0 Å². The number of thiazole rings is 1. The second kappa shape index (κ2) is 5.17. The van der Waals surface area contributed by atoms with Crippen LogP contribution < -0.4 is 0 Å². The largest absolute Gasteiger partial charge is 0.476 e. The van der Waals surface area contributed by atoms with Crippen LogP contribution in [0.25, 0.3) is 0 Å². The lowest BCUT2D eigenvalue weighted by atomic mass is 10.1. The van der Waals surface area contributed by atoms with Gasteiger partial charge in [-0.25, -0.2) is 9.78 Å². The lowest BCUT2D eigenvalue weighted by Crippen LogP contribution is -2.19. The molecule has 15 heavy (non-hydrogen) atoms. The zero-order valence-electron chi connectivity index (χ0n) is 7.70. The van der Waals surface area contributed by atoms with Crippen molar-refractivity contribution in [3.63, 3.8) is 0 Å². The average Bonchev–Trinajstić information content (AvgIpc) is 2.65. The fourth-order valence-corrected chi connectivity index (χ4v) is 1.69. The number of aliphatic hydroxyl groups is 3. The summed E-state index contributed by atoms with van der Waals surface area (Å²) >= 11 is 0.877. The van der Waals surface area contributed by atoms with Crippen molar-refractivity contribution in [2.24, 2.45) is 0 Å². The van der Waals surface area contributed by atoms with Crippen LogP contribution in [0.4, 0.5) is 0 Å². The van der Waals surface area contributed by atoms with Crippen molar-refractivity contribution in [2.45, 2.75) is 18.6 Å². The molecule has 0 aliphatic carbocycles. The molecule has 0 aliphatic rings. The monoisotopic (exact) mass is 233 g/mol. The van der Waals surface area contributed by atoms with Gasteiger partial charge in [0.05, 0.1) is 11.8 Å². The summed E-state index contributed by atoms with van der Waals surface area (Å²) in [5, 5.41) is 37.2. The minimum atomic E-state index is -1.26. The van der Waals surface area contributed by atoms with Gasteiger partial charge in [0.1, 0.15) is 6.10 Å². The molecule has 0 saturated carbocycles.